The summed E-state index contributed by atoms with van der Waals surface area (Å²) < 4.78 is 21.9. The molecule has 0 bridgehead atoms. The van der Waals surface area contributed by atoms with Gasteiger partial charge in [-0.05, 0) is 41.8 Å². The molecule has 4 rings (SSSR count). The van der Waals surface area contributed by atoms with Crippen LogP contribution in [0, 0.1) is 0 Å². The number of amides is 4. The van der Waals surface area contributed by atoms with Gasteiger partial charge in [0, 0.05) is 24.3 Å². The van der Waals surface area contributed by atoms with Gasteiger partial charge >= 0.3 is 0 Å². The molecule has 2 aromatic carbocycles. The lowest BCUT2D eigenvalue weighted by molar-refractivity contribution is -0.121. The van der Waals surface area contributed by atoms with Crippen LogP contribution in [0.2, 0.25) is 0 Å². The standard InChI is InChI=1S/C25H22N2O8/c1-32-16-10-14(11-17(33-2)24(16)26-20(28)5-6-21(26)29)9-15-12-18(34-3)25(19(13-15)35-4)27-22(30)7-8-23(27)31/h5-8,10-13H,9H2,1-4H3. The zero-order chi connectivity index (χ0) is 25.3. The summed E-state index contributed by atoms with van der Waals surface area (Å²) in [5.74, 6) is -0.872. The van der Waals surface area contributed by atoms with Gasteiger partial charge in [0.2, 0.25) is 0 Å². The number of hydrogen-bond donors (Lipinski definition) is 0. The van der Waals surface area contributed by atoms with Gasteiger partial charge in [-0.1, -0.05) is 0 Å². The van der Waals surface area contributed by atoms with Crippen LogP contribution < -0.4 is 28.7 Å². The molecule has 2 aliphatic heterocycles. The Balaban J connectivity index is 1.75. The van der Waals surface area contributed by atoms with E-state index in [1.807, 2.05) is 0 Å². The first-order chi connectivity index (χ1) is 16.8. The van der Waals surface area contributed by atoms with Crippen molar-refractivity contribution in [3.05, 3.63) is 59.7 Å². The SMILES string of the molecule is COc1cc(Cc2cc(OC)c(N3C(=O)C=CC3=O)c(OC)c2)cc(OC)c1N1C(=O)C=CC1=O. The van der Waals surface area contributed by atoms with E-state index in [4.69, 9.17) is 18.9 Å². The number of ether oxygens (including phenoxy) is 4. The molecule has 2 heterocycles. The first kappa shape index (κ1) is 23.6. The molecule has 0 N–H and O–H groups in total. The summed E-state index contributed by atoms with van der Waals surface area (Å²) in [6.45, 7) is 0. The maximum atomic E-state index is 12.2. The minimum absolute atomic E-state index is 0.211. The molecule has 0 radical (unpaired) electrons. The highest BCUT2D eigenvalue weighted by Crippen LogP contribution is 2.43. The van der Waals surface area contributed by atoms with Crippen molar-refractivity contribution in [3.8, 4) is 23.0 Å². The average molecular weight is 478 g/mol. The normalized spacial score (nSPS) is 14.9. The predicted octanol–water partition coefficient (Wildman–Crippen LogP) is 2.17. The van der Waals surface area contributed by atoms with Crippen LogP contribution >= 0.6 is 0 Å². The van der Waals surface area contributed by atoms with Crippen molar-refractivity contribution in [2.75, 3.05) is 38.2 Å². The molecule has 0 aliphatic carbocycles. The number of hydrogen-bond acceptors (Lipinski definition) is 8. The molecule has 0 spiro atoms. The number of nitrogens with zero attached hydrogens (tertiary/aromatic N) is 2. The highest BCUT2D eigenvalue weighted by molar-refractivity contribution is 6.30. The van der Waals surface area contributed by atoms with E-state index in [1.165, 1.54) is 52.7 Å². The Kier molecular flexibility index (Phi) is 6.28. The minimum atomic E-state index is -0.495. The van der Waals surface area contributed by atoms with E-state index in [9.17, 15) is 19.2 Å². The molecule has 0 aromatic heterocycles. The van der Waals surface area contributed by atoms with E-state index in [0.717, 1.165) is 20.9 Å². The molecule has 0 fully saturated rings. The van der Waals surface area contributed by atoms with Gasteiger partial charge in [0.05, 0.1) is 28.4 Å². The lowest BCUT2D eigenvalue weighted by atomic mass is 10.0. The number of anilines is 2. The summed E-state index contributed by atoms with van der Waals surface area (Å²) >= 11 is 0. The molecular weight excluding hydrogens is 456 g/mol. The summed E-state index contributed by atoms with van der Waals surface area (Å²) in [4.78, 5) is 51.0. The fourth-order valence-electron chi connectivity index (χ4n) is 4.02. The van der Waals surface area contributed by atoms with Crippen molar-refractivity contribution in [1.82, 2.24) is 0 Å². The molecule has 2 aliphatic rings. The van der Waals surface area contributed by atoms with Gasteiger partial charge in [0.15, 0.2) is 0 Å². The van der Waals surface area contributed by atoms with Crippen LogP contribution in [0.3, 0.4) is 0 Å². The Labute approximate surface area is 200 Å². The lowest BCUT2D eigenvalue weighted by Crippen LogP contribution is -2.30. The van der Waals surface area contributed by atoms with Gasteiger partial charge in [0.1, 0.15) is 34.4 Å². The topological polar surface area (TPSA) is 112 Å². The van der Waals surface area contributed by atoms with Crippen LogP contribution in [-0.2, 0) is 25.6 Å². The quantitative estimate of drug-likeness (QED) is 0.531. The lowest BCUT2D eigenvalue weighted by Gasteiger charge is -2.22. The van der Waals surface area contributed by atoms with Crippen LogP contribution in [0.1, 0.15) is 11.1 Å². The maximum absolute atomic E-state index is 12.2. The molecule has 4 amide bonds. The van der Waals surface area contributed by atoms with Crippen LogP contribution in [0.25, 0.3) is 0 Å². The Morgan fingerprint density at radius 2 is 0.771 bits per heavy atom. The summed E-state index contributed by atoms with van der Waals surface area (Å²) in [5.41, 5.74) is 1.90. The highest BCUT2D eigenvalue weighted by Gasteiger charge is 2.33. The van der Waals surface area contributed by atoms with Crippen molar-refractivity contribution in [3.63, 3.8) is 0 Å². The average Bonchev–Trinajstić information content (AvgIpc) is 3.37. The van der Waals surface area contributed by atoms with Gasteiger partial charge in [-0.15, -0.1) is 0 Å². The Bertz CT molecular complexity index is 1130. The molecule has 180 valence electrons. The summed E-state index contributed by atoms with van der Waals surface area (Å²) in [6, 6.07) is 6.78. The van der Waals surface area contributed by atoms with Crippen molar-refractivity contribution >= 4 is 35.0 Å². The molecule has 10 heteroatoms. The summed E-state index contributed by atoms with van der Waals surface area (Å²) in [6.07, 6.45) is 5.07. The Hall–Kier alpha value is -4.60. The van der Waals surface area contributed by atoms with Crippen LogP contribution in [0.4, 0.5) is 11.4 Å². The van der Waals surface area contributed by atoms with E-state index < -0.39 is 23.6 Å². The van der Waals surface area contributed by atoms with E-state index in [0.29, 0.717) is 6.42 Å². The van der Waals surface area contributed by atoms with Crippen LogP contribution in [0.15, 0.2) is 48.6 Å². The van der Waals surface area contributed by atoms with Gasteiger partial charge in [-0.2, -0.15) is 0 Å². The maximum Gasteiger partial charge on any atom is 0.258 e. The van der Waals surface area contributed by atoms with E-state index in [2.05, 4.69) is 0 Å². The number of carbonyl (C=O) groups is 4. The van der Waals surface area contributed by atoms with Crippen molar-refractivity contribution in [2.24, 2.45) is 0 Å². The molecule has 10 nitrogen and oxygen atoms in total. The predicted molar refractivity (Wildman–Crippen MR) is 125 cm³/mol. The molecule has 35 heavy (non-hydrogen) atoms. The third-order valence-corrected chi connectivity index (χ3v) is 5.55. The summed E-state index contributed by atoms with van der Waals surface area (Å²) in [5, 5.41) is 0. The number of imide groups is 2. The number of rotatable bonds is 8. The molecule has 0 atom stereocenters. The molecule has 0 saturated carbocycles. The second kappa shape index (κ2) is 9.34. The van der Waals surface area contributed by atoms with E-state index >= 15 is 0 Å². The highest BCUT2D eigenvalue weighted by atomic mass is 16.5. The summed E-state index contributed by atoms with van der Waals surface area (Å²) in [7, 11) is 5.72. The first-order valence-corrected chi connectivity index (χ1v) is 10.4. The second-order valence-electron chi connectivity index (χ2n) is 7.57. The van der Waals surface area contributed by atoms with Crippen molar-refractivity contribution in [1.29, 1.82) is 0 Å². The molecule has 2 aromatic rings. The third kappa shape index (κ3) is 4.10. The minimum Gasteiger partial charge on any atom is -0.494 e. The van der Waals surface area contributed by atoms with Gasteiger partial charge in [0.25, 0.3) is 23.6 Å². The molecule has 0 saturated heterocycles. The largest absolute Gasteiger partial charge is 0.494 e. The van der Waals surface area contributed by atoms with E-state index in [-0.39, 0.29) is 34.4 Å². The smallest absolute Gasteiger partial charge is 0.258 e. The monoisotopic (exact) mass is 478 g/mol. The zero-order valence-corrected chi connectivity index (χ0v) is 19.5. The van der Waals surface area contributed by atoms with E-state index in [1.54, 1.807) is 24.3 Å². The first-order valence-electron chi connectivity index (χ1n) is 10.4. The number of carbonyl (C=O) groups excluding carboxylic acids is 4. The zero-order valence-electron chi connectivity index (χ0n) is 19.5. The van der Waals surface area contributed by atoms with Crippen molar-refractivity contribution < 1.29 is 38.1 Å². The fourth-order valence-corrected chi connectivity index (χ4v) is 4.02. The van der Waals surface area contributed by atoms with Crippen LogP contribution in [-0.4, -0.2) is 52.1 Å². The Morgan fingerprint density at radius 1 is 0.514 bits per heavy atom. The number of benzene rings is 2. The van der Waals surface area contributed by atoms with Gasteiger partial charge < -0.3 is 18.9 Å². The second-order valence-corrected chi connectivity index (χ2v) is 7.57. The van der Waals surface area contributed by atoms with Gasteiger partial charge in [-0.25, -0.2) is 9.80 Å². The van der Waals surface area contributed by atoms with Crippen LogP contribution in [0.5, 0.6) is 23.0 Å². The Morgan fingerprint density at radius 3 is 1.00 bits per heavy atom. The van der Waals surface area contributed by atoms with Gasteiger partial charge in [-0.3, -0.25) is 19.2 Å². The van der Waals surface area contributed by atoms with Crippen molar-refractivity contribution in [2.45, 2.75) is 6.42 Å². The molecule has 0 unspecified atom stereocenters. The molecular formula is C25H22N2O8. The number of methoxy groups -OCH3 is 4. The third-order valence-electron chi connectivity index (χ3n) is 5.55. The fraction of sp³-hybridized carbons (Fsp3) is 0.200.